The van der Waals surface area contributed by atoms with Gasteiger partial charge < -0.3 is 20.3 Å². The smallest absolute Gasteiger partial charge is 0.305 e. The van der Waals surface area contributed by atoms with Crippen molar-refractivity contribution in [3.63, 3.8) is 0 Å². The zero-order valence-electron chi connectivity index (χ0n) is 46.8. The first kappa shape index (κ1) is 67.6. The zero-order valence-corrected chi connectivity index (χ0v) is 46.8. The summed E-state index contributed by atoms with van der Waals surface area (Å²) in [5.74, 6) is -0.0197. The number of amides is 1. The molecule has 0 saturated carbocycles. The van der Waals surface area contributed by atoms with Gasteiger partial charge in [-0.25, -0.2) is 0 Å². The van der Waals surface area contributed by atoms with Gasteiger partial charge in [0.15, 0.2) is 0 Å². The first-order valence-corrected chi connectivity index (χ1v) is 31.4. The summed E-state index contributed by atoms with van der Waals surface area (Å²) in [6.45, 7) is 4.96. The fraction of sp³-hybridized carbons (Fsp3) is 0.937. The van der Waals surface area contributed by atoms with Crippen molar-refractivity contribution in [2.24, 2.45) is 0 Å². The monoisotopic (exact) mass is 974 g/mol. The van der Waals surface area contributed by atoms with E-state index < -0.39 is 12.1 Å². The molecule has 1 amide bonds. The number of aliphatic hydroxyl groups excluding tert-OH is 2. The Hall–Kier alpha value is -1.40. The third kappa shape index (κ3) is 55.8. The highest BCUT2D eigenvalue weighted by Crippen LogP contribution is 2.18. The Labute approximate surface area is 431 Å². The SMILES string of the molecule is CCCCCCCC/C=C\CCCCCCCCCC(=O)OCCCCCCCCCCCCCCCCCCCCCCCCCCCC(=O)NC(CO)C(O)CCCCCCCCCCCC. The Morgan fingerprint density at radius 1 is 0.391 bits per heavy atom. The normalized spacial score (nSPS) is 12.6. The van der Waals surface area contributed by atoms with Crippen LogP contribution in [0.15, 0.2) is 12.2 Å². The van der Waals surface area contributed by atoms with Crippen molar-refractivity contribution in [3.05, 3.63) is 12.2 Å². The molecule has 0 radical (unpaired) electrons. The van der Waals surface area contributed by atoms with Crippen molar-refractivity contribution in [3.8, 4) is 0 Å². The quantitative estimate of drug-likeness (QED) is 0.0321. The van der Waals surface area contributed by atoms with Crippen LogP contribution in [0.1, 0.15) is 354 Å². The van der Waals surface area contributed by atoms with Crippen LogP contribution in [0.3, 0.4) is 0 Å². The van der Waals surface area contributed by atoms with E-state index in [2.05, 4.69) is 31.3 Å². The summed E-state index contributed by atoms with van der Waals surface area (Å²) in [7, 11) is 0. The Morgan fingerprint density at radius 3 is 1.03 bits per heavy atom. The van der Waals surface area contributed by atoms with E-state index in [0.29, 0.717) is 25.9 Å². The lowest BCUT2D eigenvalue weighted by molar-refractivity contribution is -0.143. The van der Waals surface area contributed by atoms with Crippen LogP contribution in [0.4, 0.5) is 0 Å². The molecule has 2 atom stereocenters. The number of allylic oxidation sites excluding steroid dienone is 2. The molecule has 0 bridgehead atoms. The van der Waals surface area contributed by atoms with Gasteiger partial charge in [-0.2, -0.15) is 0 Å². The predicted molar refractivity (Wildman–Crippen MR) is 301 cm³/mol. The van der Waals surface area contributed by atoms with Crippen LogP contribution in [0, 0.1) is 0 Å². The van der Waals surface area contributed by atoms with Crippen molar-refractivity contribution >= 4 is 11.9 Å². The highest BCUT2D eigenvalue weighted by atomic mass is 16.5. The first-order valence-electron chi connectivity index (χ1n) is 31.4. The van der Waals surface area contributed by atoms with E-state index >= 15 is 0 Å². The minimum atomic E-state index is -0.660. The third-order valence-corrected chi connectivity index (χ3v) is 14.8. The molecule has 6 nitrogen and oxygen atoms in total. The molecule has 0 aliphatic carbocycles. The summed E-state index contributed by atoms with van der Waals surface area (Å²) in [6, 6.07) is -0.537. The lowest BCUT2D eigenvalue weighted by Gasteiger charge is -2.22. The van der Waals surface area contributed by atoms with Crippen LogP contribution in [0.5, 0.6) is 0 Å². The van der Waals surface area contributed by atoms with Crippen LogP contribution < -0.4 is 5.32 Å². The van der Waals surface area contributed by atoms with Crippen LogP contribution >= 0.6 is 0 Å². The Kier molecular flexibility index (Phi) is 58.0. The van der Waals surface area contributed by atoms with Gasteiger partial charge in [-0.1, -0.05) is 302 Å². The fourth-order valence-corrected chi connectivity index (χ4v) is 9.99. The highest BCUT2D eigenvalue weighted by molar-refractivity contribution is 5.76. The number of carbonyl (C=O) groups is 2. The van der Waals surface area contributed by atoms with E-state index in [1.807, 2.05) is 0 Å². The number of hydrogen-bond acceptors (Lipinski definition) is 5. The second-order valence-electron chi connectivity index (χ2n) is 21.7. The van der Waals surface area contributed by atoms with E-state index in [1.54, 1.807) is 0 Å². The average Bonchev–Trinajstić information content (AvgIpc) is 3.35. The van der Waals surface area contributed by atoms with E-state index in [9.17, 15) is 19.8 Å². The summed E-state index contributed by atoms with van der Waals surface area (Å²) in [4.78, 5) is 24.5. The third-order valence-electron chi connectivity index (χ3n) is 14.8. The molecule has 0 rings (SSSR count). The highest BCUT2D eigenvalue weighted by Gasteiger charge is 2.20. The Morgan fingerprint density at radius 2 is 0.681 bits per heavy atom. The summed E-state index contributed by atoms with van der Waals surface area (Å²) in [5.41, 5.74) is 0. The van der Waals surface area contributed by atoms with Gasteiger partial charge in [0.25, 0.3) is 0 Å². The number of hydrogen-bond donors (Lipinski definition) is 3. The van der Waals surface area contributed by atoms with Gasteiger partial charge in [-0.05, 0) is 51.4 Å². The molecule has 0 spiro atoms. The topological polar surface area (TPSA) is 95.9 Å². The molecule has 410 valence electrons. The molecule has 2 unspecified atom stereocenters. The number of unbranched alkanes of at least 4 members (excludes halogenated alkanes) is 46. The fourth-order valence-electron chi connectivity index (χ4n) is 9.99. The summed E-state index contributed by atoms with van der Waals surface area (Å²) < 4.78 is 5.50. The molecular weight excluding hydrogens is 851 g/mol. The van der Waals surface area contributed by atoms with Gasteiger partial charge in [0.1, 0.15) is 0 Å². The molecule has 0 aromatic rings. The maximum atomic E-state index is 12.4. The molecule has 0 fully saturated rings. The number of aliphatic hydroxyl groups is 2. The Bertz CT molecular complexity index is 1030. The lowest BCUT2D eigenvalue weighted by atomic mass is 10.0. The van der Waals surface area contributed by atoms with Crippen molar-refractivity contribution in [1.82, 2.24) is 5.32 Å². The summed E-state index contributed by atoms with van der Waals surface area (Å²) in [5, 5.41) is 23.2. The summed E-state index contributed by atoms with van der Waals surface area (Å²) >= 11 is 0. The van der Waals surface area contributed by atoms with Crippen molar-refractivity contribution in [2.75, 3.05) is 13.2 Å². The van der Waals surface area contributed by atoms with E-state index in [-0.39, 0.29) is 18.5 Å². The molecule has 0 aliphatic heterocycles. The van der Waals surface area contributed by atoms with Crippen LogP contribution in [-0.4, -0.2) is 47.4 Å². The van der Waals surface area contributed by atoms with Gasteiger partial charge in [-0.3, -0.25) is 9.59 Å². The number of ether oxygens (including phenoxy) is 1. The standard InChI is InChI=1S/C63H123NO5/c1-3-5-7-9-11-13-15-16-17-27-31-34-37-41-45-49-53-57-63(68)69-58-54-50-46-42-38-35-32-29-26-24-22-20-18-19-21-23-25-28-30-33-36-40-44-48-52-56-62(67)64-60(59-65)61(66)55-51-47-43-39-14-12-10-8-6-4-2/h16-17,60-61,65-66H,3-15,18-59H2,1-2H3,(H,64,67)/b17-16-. The van der Waals surface area contributed by atoms with Crippen LogP contribution in [0.25, 0.3) is 0 Å². The maximum Gasteiger partial charge on any atom is 0.305 e. The number of rotatable bonds is 59. The van der Waals surface area contributed by atoms with Crippen LogP contribution in [0.2, 0.25) is 0 Å². The predicted octanol–water partition coefficient (Wildman–Crippen LogP) is 19.6. The van der Waals surface area contributed by atoms with Gasteiger partial charge in [0, 0.05) is 12.8 Å². The van der Waals surface area contributed by atoms with Gasteiger partial charge >= 0.3 is 5.97 Å². The van der Waals surface area contributed by atoms with Crippen LogP contribution in [-0.2, 0) is 14.3 Å². The minimum Gasteiger partial charge on any atom is -0.466 e. The first-order chi connectivity index (χ1) is 34.0. The molecule has 0 heterocycles. The molecule has 6 heteroatoms. The van der Waals surface area contributed by atoms with Gasteiger partial charge in [-0.15, -0.1) is 0 Å². The number of esters is 1. The van der Waals surface area contributed by atoms with Gasteiger partial charge in [0.05, 0.1) is 25.4 Å². The Balaban J connectivity index is 3.32. The number of carbonyl (C=O) groups excluding carboxylic acids is 2. The average molecular weight is 975 g/mol. The van der Waals surface area contributed by atoms with E-state index in [4.69, 9.17) is 4.74 Å². The van der Waals surface area contributed by atoms with Crippen molar-refractivity contribution < 1.29 is 24.5 Å². The molecule has 0 aliphatic rings. The van der Waals surface area contributed by atoms with E-state index in [1.165, 1.54) is 276 Å². The minimum absolute atomic E-state index is 0.0136. The number of nitrogens with one attached hydrogen (secondary N) is 1. The molecule has 0 saturated heterocycles. The molecule has 3 N–H and O–H groups in total. The van der Waals surface area contributed by atoms with Crippen molar-refractivity contribution in [1.29, 1.82) is 0 Å². The molecular formula is C63H123NO5. The van der Waals surface area contributed by atoms with E-state index in [0.717, 1.165) is 44.9 Å². The second-order valence-corrected chi connectivity index (χ2v) is 21.7. The lowest BCUT2D eigenvalue weighted by Crippen LogP contribution is -2.45. The summed E-state index contributed by atoms with van der Waals surface area (Å²) in [6.07, 6.45) is 70.9. The zero-order chi connectivity index (χ0) is 50.0. The maximum absolute atomic E-state index is 12.4. The van der Waals surface area contributed by atoms with Gasteiger partial charge in [0.2, 0.25) is 5.91 Å². The largest absolute Gasteiger partial charge is 0.466 e. The van der Waals surface area contributed by atoms with Crippen molar-refractivity contribution in [2.45, 2.75) is 366 Å². The molecule has 0 aromatic heterocycles. The molecule has 0 aromatic carbocycles. The second kappa shape index (κ2) is 59.2. The molecule has 69 heavy (non-hydrogen) atoms.